The highest BCUT2D eigenvalue weighted by atomic mass is 32.1. The van der Waals surface area contributed by atoms with Crippen LogP contribution in [0.4, 0.5) is 0 Å². The van der Waals surface area contributed by atoms with E-state index in [1.807, 2.05) is 12.1 Å². The van der Waals surface area contributed by atoms with Crippen LogP contribution < -0.4 is 5.32 Å². The lowest BCUT2D eigenvalue weighted by atomic mass is 10.2. The largest absolute Gasteiger partial charge is 0.459 e. The van der Waals surface area contributed by atoms with Crippen LogP contribution in [0.2, 0.25) is 0 Å². The number of hydrogen-bond acceptors (Lipinski definition) is 4. The van der Waals surface area contributed by atoms with E-state index in [2.05, 4.69) is 38.0 Å². The number of hydrogen-bond donors (Lipinski definition) is 1. The van der Waals surface area contributed by atoms with E-state index in [0.29, 0.717) is 6.04 Å². The van der Waals surface area contributed by atoms with E-state index in [4.69, 9.17) is 4.42 Å². The molecule has 1 unspecified atom stereocenters. The molecule has 98 valence electrons. The molecule has 0 aliphatic heterocycles. The minimum Gasteiger partial charge on any atom is -0.459 e. The van der Waals surface area contributed by atoms with Gasteiger partial charge in [-0.2, -0.15) is 0 Å². The average Bonchev–Trinajstić information content (AvgIpc) is 2.95. The quantitative estimate of drug-likeness (QED) is 0.888. The van der Waals surface area contributed by atoms with E-state index in [0.717, 1.165) is 35.2 Å². The maximum Gasteiger partial charge on any atom is 0.162 e. The van der Waals surface area contributed by atoms with Crippen LogP contribution in [0.3, 0.4) is 0 Å². The molecular weight excluding hydrogens is 244 g/mol. The van der Waals surface area contributed by atoms with Crippen LogP contribution >= 0.6 is 11.3 Å². The molecule has 2 heterocycles. The molecule has 0 spiro atoms. The molecule has 18 heavy (non-hydrogen) atoms. The summed E-state index contributed by atoms with van der Waals surface area (Å²) in [7, 11) is 0. The zero-order valence-electron chi connectivity index (χ0n) is 11.4. The number of nitrogens with one attached hydrogen (secondary N) is 1. The van der Waals surface area contributed by atoms with Gasteiger partial charge in [-0.1, -0.05) is 13.8 Å². The topological polar surface area (TPSA) is 38.1 Å². The maximum absolute atomic E-state index is 5.75. The van der Waals surface area contributed by atoms with Crippen molar-refractivity contribution in [1.29, 1.82) is 0 Å². The molecule has 0 amide bonds. The first-order valence-electron chi connectivity index (χ1n) is 6.45. The Balaban J connectivity index is 2.27. The molecule has 0 saturated carbocycles. The third-order valence-electron chi connectivity index (χ3n) is 2.96. The molecule has 4 heteroatoms. The van der Waals surface area contributed by atoms with Gasteiger partial charge in [0.2, 0.25) is 0 Å². The molecular formula is C14H20N2OS. The summed E-state index contributed by atoms with van der Waals surface area (Å²) in [6, 6.07) is 4.39. The minimum absolute atomic E-state index is 0.349. The smallest absolute Gasteiger partial charge is 0.162 e. The highest BCUT2D eigenvalue weighted by molar-refractivity contribution is 7.15. The second-order valence-corrected chi connectivity index (χ2v) is 5.40. The zero-order chi connectivity index (χ0) is 13.1. The Bertz CT molecular complexity index is 516. The van der Waals surface area contributed by atoms with Gasteiger partial charge in [0.1, 0.15) is 5.76 Å². The van der Waals surface area contributed by atoms with Gasteiger partial charge in [-0.25, -0.2) is 4.98 Å². The predicted molar refractivity (Wildman–Crippen MR) is 76.0 cm³/mol. The minimum atomic E-state index is 0.349. The van der Waals surface area contributed by atoms with Gasteiger partial charge in [-0.3, -0.25) is 0 Å². The molecule has 2 aromatic heterocycles. The number of aromatic nitrogens is 1. The van der Waals surface area contributed by atoms with Crippen molar-refractivity contribution < 1.29 is 4.42 Å². The molecule has 0 saturated heterocycles. The molecule has 3 nitrogen and oxygen atoms in total. The van der Waals surface area contributed by atoms with E-state index in [1.54, 1.807) is 11.3 Å². The highest BCUT2D eigenvalue weighted by Crippen LogP contribution is 2.32. The number of thiazole rings is 1. The normalized spacial score (nSPS) is 12.9. The summed E-state index contributed by atoms with van der Waals surface area (Å²) in [6.45, 7) is 9.41. The molecule has 0 radical (unpaired) electrons. The summed E-state index contributed by atoms with van der Waals surface area (Å²) in [4.78, 5) is 5.91. The number of nitrogens with zero attached hydrogens (tertiary/aromatic N) is 1. The maximum atomic E-state index is 5.75. The Hall–Kier alpha value is -1.13. The summed E-state index contributed by atoms with van der Waals surface area (Å²) in [5.41, 5.74) is 1.10. The van der Waals surface area contributed by atoms with Gasteiger partial charge in [0.05, 0.1) is 5.69 Å². The number of aryl methyl sites for hydroxylation is 2. The Morgan fingerprint density at radius 2 is 2.17 bits per heavy atom. The summed E-state index contributed by atoms with van der Waals surface area (Å²) >= 11 is 1.72. The van der Waals surface area contributed by atoms with Crippen molar-refractivity contribution in [3.05, 3.63) is 28.5 Å². The number of furan rings is 1. The van der Waals surface area contributed by atoms with Crippen LogP contribution in [0.15, 0.2) is 16.5 Å². The van der Waals surface area contributed by atoms with Crippen molar-refractivity contribution in [1.82, 2.24) is 10.3 Å². The van der Waals surface area contributed by atoms with Crippen LogP contribution in [0.25, 0.3) is 10.8 Å². The van der Waals surface area contributed by atoms with Gasteiger partial charge >= 0.3 is 0 Å². The average molecular weight is 264 g/mol. The van der Waals surface area contributed by atoms with Crippen molar-refractivity contribution in [2.24, 2.45) is 0 Å². The standard InChI is InChI=1S/C14H20N2OS/c1-5-11-7-8-12(17-11)14-16-10(4)13(18-14)9(3)15-6-2/h7-9,15H,5-6H2,1-4H3. The van der Waals surface area contributed by atoms with Gasteiger partial charge < -0.3 is 9.73 Å². The van der Waals surface area contributed by atoms with Crippen LogP contribution in [0.1, 0.15) is 43.1 Å². The fourth-order valence-corrected chi connectivity index (χ4v) is 3.05. The third kappa shape index (κ3) is 2.65. The molecule has 0 aliphatic rings. The van der Waals surface area contributed by atoms with Crippen LogP contribution in [0, 0.1) is 6.92 Å². The predicted octanol–water partition coefficient (Wildman–Crippen LogP) is 3.94. The summed E-state index contributed by atoms with van der Waals surface area (Å²) in [5, 5.41) is 4.40. The SMILES string of the molecule is CCNC(C)c1sc(-c2ccc(CC)o2)nc1C. The van der Waals surface area contributed by atoms with Gasteiger partial charge in [0.25, 0.3) is 0 Å². The van der Waals surface area contributed by atoms with Crippen LogP contribution in [-0.4, -0.2) is 11.5 Å². The number of rotatable bonds is 5. The second-order valence-electron chi connectivity index (χ2n) is 4.37. The van der Waals surface area contributed by atoms with Gasteiger partial charge in [0, 0.05) is 17.3 Å². The Labute approximate surface area is 112 Å². The first-order chi connectivity index (χ1) is 8.65. The molecule has 1 atom stereocenters. The lowest BCUT2D eigenvalue weighted by Crippen LogP contribution is -2.17. The molecule has 0 aromatic carbocycles. The second kappa shape index (κ2) is 5.67. The first-order valence-corrected chi connectivity index (χ1v) is 7.27. The zero-order valence-corrected chi connectivity index (χ0v) is 12.2. The Morgan fingerprint density at radius 1 is 1.39 bits per heavy atom. The molecule has 2 aromatic rings. The van der Waals surface area contributed by atoms with Crippen molar-refractivity contribution >= 4 is 11.3 Å². The van der Waals surface area contributed by atoms with E-state index in [9.17, 15) is 0 Å². The van der Waals surface area contributed by atoms with E-state index in [1.165, 1.54) is 4.88 Å². The highest BCUT2D eigenvalue weighted by Gasteiger charge is 2.16. The molecule has 2 rings (SSSR count). The summed E-state index contributed by atoms with van der Waals surface area (Å²) in [6.07, 6.45) is 0.922. The molecule has 0 fully saturated rings. The summed E-state index contributed by atoms with van der Waals surface area (Å²) < 4.78 is 5.75. The monoisotopic (exact) mass is 264 g/mol. The van der Waals surface area contributed by atoms with Crippen molar-refractivity contribution in [2.45, 2.75) is 40.2 Å². The van der Waals surface area contributed by atoms with Crippen molar-refractivity contribution in [3.63, 3.8) is 0 Å². The van der Waals surface area contributed by atoms with Gasteiger partial charge in [-0.05, 0) is 32.5 Å². The van der Waals surface area contributed by atoms with Gasteiger partial charge in [-0.15, -0.1) is 11.3 Å². The Kier molecular flexibility index (Phi) is 4.19. The van der Waals surface area contributed by atoms with Crippen molar-refractivity contribution in [2.75, 3.05) is 6.54 Å². The molecule has 0 bridgehead atoms. The van der Waals surface area contributed by atoms with Crippen LogP contribution in [0.5, 0.6) is 0 Å². The lowest BCUT2D eigenvalue weighted by Gasteiger charge is -2.09. The van der Waals surface area contributed by atoms with E-state index >= 15 is 0 Å². The fraction of sp³-hybridized carbons (Fsp3) is 0.500. The van der Waals surface area contributed by atoms with Crippen LogP contribution in [-0.2, 0) is 6.42 Å². The summed E-state index contributed by atoms with van der Waals surface area (Å²) in [5.74, 6) is 1.90. The fourth-order valence-electron chi connectivity index (χ4n) is 2.00. The molecule has 1 N–H and O–H groups in total. The molecule has 0 aliphatic carbocycles. The van der Waals surface area contributed by atoms with E-state index in [-0.39, 0.29) is 0 Å². The van der Waals surface area contributed by atoms with Crippen molar-refractivity contribution in [3.8, 4) is 10.8 Å². The third-order valence-corrected chi connectivity index (χ3v) is 4.31. The lowest BCUT2D eigenvalue weighted by molar-refractivity contribution is 0.529. The first kappa shape index (κ1) is 13.3. The Morgan fingerprint density at radius 3 is 2.78 bits per heavy atom. The van der Waals surface area contributed by atoms with Gasteiger partial charge in [0.15, 0.2) is 10.8 Å². The van der Waals surface area contributed by atoms with E-state index < -0.39 is 0 Å².